The van der Waals surface area contributed by atoms with E-state index in [9.17, 15) is 51.1 Å². The lowest BCUT2D eigenvalue weighted by Crippen LogP contribution is -2.43. The number of thioether (sulfide) groups is 1. The van der Waals surface area contributed by atoms with E-state index < -0.39 is 47.0 Å². The van der Waals surface area contributed by atoms with Crippen LogP contribution >= 0.6 is 121 Å². The molecule has 6 aliphatic heterocycles. The summed E-state index contributed by atoms with van der Waals surface area (Å²) < 4.78 is 80.1. The predicted molar refractivity (Wildman–Crippen MR) is 556 cm³/mol. The van der Waals surface area contributed by atoms with Crippen molar-refractivity contribution in [3.8, 4) is 20.3 Å². The molecule has 134 heavy (non-hydrogen) atoms. The van der Waals surface area contributed by atoms with Gasteiger partial charge in [0.05, 0.1) is 18.1 Å². The van der Waals surface area contributed by atoms with Crippen molar-refractivity contribution in [2.75, 3.05) is 39.3 Å². The highest BCUT2D eigenvalue weighted by Crippen LogP contribution is 2.49. The van der Waals surface area contributed by atoms with Gasteiger partial charge in [-0.3, -0.25) is 48.3 Å². The number of esters is 2. The minimum atomic E-state index is -1.89. The van der Waals surface area contributed by atoms with Crippen LogP contribution in [0.25, 0.3) is 0 Å². The second kappa shape index (κ2) is 48.3. The van der Waals surface area contributed by atoms with Gasteiger partial charge in [-0.2, -0.15) is 11.1 Å². The third-order valence-corrected chi connectivity index (χ3v) is 47.5. The van der Waals surface area contributed by atoms with Gasteiger partial charge in [0.1, 0.15) is 28.1 Å². The normalized spacial score (nSPS) is 18.5. The molecule has 5 atom stereocenters. The monoisotopic (exact) mass is 2130 g/mol. The number of thiophene rings is 4. The van der Waals surface area contributed by atoms with E-state index in [0.29, 0.717) is 75.4 Å². The first-order valence-electron chi connectivity index (χ1n) is 45.9. The van der Waals surface area contributed by atoms with Gasteiger partial charge in [-0.05, 0) is 214 Å². The van der Waals surface area contributed by atoms with Crippen molar-refractivity contribution in [3.63, 3.8) is 0 Å². The molecule has 4 aromatic carbocycles. The maximum absolute atomic E-state index is 14.6. The first-order chi connectivity index (χ1) is 61.7. The summed E-state index contributed by atoms with van der Waals surface area (Å²) in [4.78, 5) is 94.9. The summed E-state index contributed by atoms with van der Waals surface area (Å²) >= 11 is 17.4. The number of rotatable bonds is 21. The van der Waals surface area contributed by atoms with E-state index in [4.69, 9.17) is 29.4 Å². The van der Waals surface area contributed by atoms with E-state index in [1.807, 2.05) is 29.5 Å². The van der Waals surface area contributed by atoms with Gasteiger partial charge in [0.25, 0.3) is 16.6 Å². The van der Waals surface area contributed by atoms with Crippen molar-refractivity contribution < 1.29 is 69.4 Å². The number of hydrogen-bond acceptors (Lipinski definition) is 21. The number of fused-ring (bicyclic) bond motifs is 5. The first kappa shape index (κ1) is 112. The molecule has 732 valence electrons. The fourth-order valence-corrected chi connectivity index (χ4v) is 24.4. The van der Waals surface area contributed by atoms with Crippen LogP contribution in [0.1, 0.15) is 221 Å². The zero-order chi connectivity index (χ0) is 95.0. The number of ketones is 4. The summed E-state index contributed by atoms with van der Waals surface area (Å²) in [5.74, 6) is -1.06. The summed E-state index contributed by atoms with van der Waals surface area (Å²) in [6.45, 7) is 44.5. The molecule has 33 heteroatoms. The SMILES string of the molecule is CC(=O)Oc1cc2c(s1)CCN(C(C(=O)C1CC1)c1ccccc1F)C2.CC(=O)Oc1cc2c(s1)CCN(C(C(=O)C1CC1)c1ccccc1F)C2.CC(C)(C)[Si](C)(C)Cl.CC(C)(C)[Si](C)(C)Oc1cc2c(s1)CCN(C(C(=O)C1CC1)c1ccccc1F)C2.CC(C)(C)[Si](C)(C)Oc1cc2c(s1)CCNC2.Cl.Cl.Cl.O=C(C1CC1)C(Br)c1ccccc1F.O=C1C=C2CNCCC2S1. The van der Waals surface area contributed by atoms with Crippen LogP contribution in [0.4, 0.5) is 17.6 Å². The summed E-state index contributed by atoms with van der Waals surface area (Å²) in [6, 6.07) is 32.8. The molecule has 8 aromatic rings. The Morgan fingerprint density at radius 2 is 0.739 bits per heavy atom. The van der Waals surface area contributed by atoms with Crippen molar-refractivity contribution in [3.05, 3.63) is 220 Å². The van der Waals surface area contributed by atoms with Crippen molar-refractivity contribution >= 4 is 186 Å². The van der Waals surface area contributed by atoms with E-state index >= 15 is 0 Å². The second-order valence-electron chi connectivity index (χ2n) is 40.3. The van der Waals surface area contributed by atoms with Crippen LogP contribution in [0.3, 0.4) is 0 Å². The summed E-state index contributed by atoms with van der Waals surface area (Å²) in [6.07, 6.45) is 13.8. The molecule has 0 amide bonds. The summed E-state index contributed by atoms with van der Waals surface area (Å²) in [5.41, 5.74) is 7.97. The number of ether oxygens (including phenoxy) is 2. The summed E-state index contributed by atoms with van der Waals surface area (Å²) in [5, 5.41) is 11.5. The number of halogens is 9. The molecule has 4 aromatic heterocycles. The Kier molecular flexibility index (Phi) is 40.4. The van der Waals surface area contributed by atoms with Gasteiger partial charge >= 0.3 is 11.9 Å². The van der Waals surface area contributed by atoms with E-state index in [2.05, 4.69) is 155 Å². The minimum Gasteiger partial charge on any atom is -0.537 e. The largest absolute Gasteiger partial charge is 0.537 e. The summed E-state index contributed by atoms with van der Waals surface area (Å²) in [7, 11) is -4.95. The number of nitrogens with zero attached hydrogens (tertiary/aromatic N) is 3. The van der Waals surface area contributed by atoms with Gasteiger partial charge in [-0.15, -0.1) is 82.6 Å². The average molecular weight is 2130 g/mol. The molecule has 4 aliphatic carbocycles. The number of piperidine rings is 1. The van der Waals surface area contributed by atoms with Crippen LogP contribution in [0.5, 0.6) is 20.3 Å². The van der Waals surface area contributed by atoms with Crippen molar-refractivity contribution in [2.24, 2.45) is 23.7 Å². The third kappa shape index (κ3) is 30.3. The highest BCUT2D eigenvalue weighted by molar-refractivity contribution is 9.09. The molecule has 2 N–H and O–H groups in total. The van der Waals surface area contributed by atoms with Crippen molar-refractivity contribution in [1.82, 2.24) is 25.3 Å². The Bertz CT molecular complexity index is 5260. The van der Waals surface area contributed by atoms with Crippen LogP contribution < -0.4 is 29.0 Å². The van der Waals surface area contributed by atoms with E-state index in [1.54, 1.807) is 84.1 Å². The molecule has 0 radical (unpaired) electrons. The highest BCUT2D eigenvalue weighted by Gasteiger charge is 2.47. The Balaban J connectivity index is 0.000000181. The van der Waals surface area contributed by atoms with E-state index in [-0.39, 0.29) is 134 Å². The van der Waals surface area contributed by atoms with Gasteiger partial charge < -0.3 is 29.0 Å². The number of carbonyl (C=O) groups is 7. The standard InChI is InChI=1S/C24H32FNO2SSi.2C20H20FNO3S.C13H23NOSSi.C11H10BrFO.C7H9NOS.C6H15ClSi.3ClH/c1-24(2,3)30(4,5)28-21-14-17-15-26(13-12-20(17)29-21)22(23(27)16-10-11-16)18-8-6-7-9-19(18)25;2*1-12(23)25-18-10-14-11-22(9-8-17(14)26-18)19(20(24)13-6-7-13)15-4-2-3-5-16(15)21;1-13(2,3)17(4,5)15-12-8-10-9-14-7-6-11(10)16-12;12-10(11(14)7-5-6-7)8-3-1-2-4-9(8)13;9-7-3-5-4-8-2-1-6(5)10-7;1-6(2,3)8(4,5)7;;;/h6-9,14,16,22H,10-13,15H2,1-5H3;2*2-5,10,13,19H,6-9,11H2,1H3;8,14H,6-7,9H2,1-5H3;1-4,7,10H,5-6H2;3,6,8H,1-2,4H2;1-5H3;3*1H. The van der Waals surface area contributed by atoms with Crippen LogP contribution in [-0.4, -0.2) is 123 Å². The van der Waals surface area contributed by atoms with Gasteiger partial charge in [0.15, 0.2) is 50.8 Å². The maximum Gasteiger partial charge on any atom is 0.308 e. The number of nitrogens with one attached hydrogen (secondary N) is 2. The Morgan fingerprint density at radius 3 is 1.05 bits per heavy atom. The fourth-order valence-electron chi connectivity index (χ4n) is 15.4. The molecule has 18 rings (SSSR count). The lowest BCUT2D eigenvalue weighted by atomic mass is 9.95. The molecule has 10 aliphatic rings. The number of alkyl halides is 1. The number of Topliss-reactive ketones (excluding diaryl/α,β-unsaturated/α-hetero) is 4. The van der Waals surface area contributed by atoms with Crippen LogP contribution in [0.15, 0.2) is 133 Å². The molecule has 16 nitrogen and oxygen atoms in total. The minimum absolute atomic E-state index is 0. The Hall–Kier alpha value is -5.53. The van der Waals surface area contributed by atoms with Crippen LogP contribution in [0.2, 0.25) is 54.4 Å². The number of benzene rings is 4. The molecule has 5 unspecified atom stereocenters. The average Bonchev–Trinajstić information content (AvgIpc) is 1.59. The van der Waals surface area contributed by atoms with Gasteiger partial charge in [-0.1, -0.05) is 176 Å². The lowest BCUT2D eigenvalue weighted by Gasteiger charge is -2.35. The van der Waals surface area contributed by atoms with Crippen LogP contribution in [0, 0.1) is 46.9 Å². The number of carbonyl (C=O) groups excluding carboxylic acids is 7. The smallest absolute Gasteiger partial charge is 0.308 e. The highest BCUT2D eigenvalue weighted by atomic mass is 79.9. The first-order valence-corrected chi connectivity index (χ1v) is 60.8. The van der Waals surface area contributed by atoms with E-state index in [0.717, 1.165) is 137 Å². The third-order valence-electron chi connectivity index (χ3n) is 26.7. The topological polar surface area (TPSA) is 190 Å². The number of hydrogen-bond donors (Lipinski definition) is 2. The van der Waals surface area contributed by atoms with Gasteiger partial charge in [-0.25, -0.2) is 17.6 Å². The predicted octanol–water partition coefficient (Wildman–Crippen LogP) is 26.2. The lowest BCUT2D eigenvalue weighted by molar-refractivity contribution is -0.132. The van der Waals surface area contributed by atoms with Gasteiger partial charge in [0.2, 0.25) is 5.12 Å². The molecule has 0 bridgehead atoms. The molecule has 0 spiro atoms. The maximum atomic E-state index is 14.6. The quantitative estimate of drug-likeness (QED) is 0.0227. The van der Waals surface area contributed by atoms with E-state index in [1.165, 1.54) is 109 Å². The Labute approximate surface area is 844 Å². The van der Waals surface area contributed by atoms with Crippen molar-refractivity contribution in [1.29, 1.82) is 0 Å². The molecule has 10 heterocycles. The molecular weight excluding hydrogens is 2000 g/mol. The molecule has 1 saturated heterocycles. The van der Waals surface area contributed by atoms with Crippen molar-refractivity contribution in [2.45, 2.75) is 268 Å². The fraction of sp³-hybridized carbons (Fsp3) is 0.515. The van der Waals surface area contributed by atoms with Crippen LogP contribution in [-0.2, 0) is 85.4 Å². The second-order valence-corrected chi connectivity index (χ2v) is 63.5. The van der Waals surface area contributed by atoms with Gasteiger partial charge in [0, 0.05) is 143 Å². The zero-order valence-corrected chi connectivity index (χ0v) is 91.8. The molecule has 5 fully saturated rings. The zero-order valence-electron chi connectivity index (χ0n) is 80.0. The Morgan fingerprint density at radius 1 is 0.433 bits per heavy atom. The molecular formula is C101H132BrCl4F4N5O11S5Si3. The molecule has 4 saturated carbocycles.